The molecule has 1 N–H and O–H groups in total. The van der Waals surface area contributed by atoms with Crippen molar-refractivity contribution in [2.24, 2.45) is 28.6 Å². The van der Waals surface area contributed by atoms with Gasteiger partial charge in [0.15, 0.2) is 23.7 Å². The fourth-order valence-corrected chi connectivity index (χ4v) is 8.83. The van der Waals surface area contributed by atoms with Crippen LogP contribution in [-0.2, 0) is 47.8 Å². The smallest absolute Gasteiger partial charge is 0.332 e. The summed E-state index contributed by atoms with van der Waals surface area (Å²) in [4.78, 5) is 81.3. The molecule has 0 amide bonds. The van der Waals surface area contributed by atoms with Gasteiger partial charge in [-0.25, -0.2) is 9.18 Å². The van der Waals surface area contributed by atoms with Crippen LogP contribution in [0.15, 0.2) is 23.8 Å². The van der Waals surface area contributed by atoms with E-state index in [9.17, 15) is 44.5 Å². The van der Waals surface area contributed by atoms with Crippen molar-refractivity contribution in [2.45, 2.75) is 76.7 Å². The molecule has 0 radical (unpaired) electrons. The number of halogens is 1. The Morgan fingerprint density at radius 1 is 0.980 bits per heavy atom. The van der Waals surface area contributed by atoms with Crippen molar-refractivity contribution < 1.29 is 67.5 Å². The standard InChI is InChI=1S/C32H43FN2O15/c1-20-15-24-23-7-6-21-16-22(36)8-9-29(21,2)31(23,33)25(37)17-30(24,3)32(20,50-27(39)5-4-10-48-34(41)42)26(38)18-47-28(40)19-46-12-11-45-13-14-49-35(43)44/h8-9,16,20,23-25,37H,4-7,10-15,17-19H2,1-3H3/t20-,23?,24?,25+,29+,30+,31+,32+/m1/s1. The van der Waals surface area contributed by atoms with Gasteiger partial charge in [0.05, 0.1) is 32.5 Å². The molecule has 0 aromatic heterocycles. The fraction of sp³-hybridized carbons (Fsp3) is 0.750. The number of esters is 2. The maximum absolute atomic E-state index is 17.7. The molecule has 0 aliphatic heterocycles. The molecule has 0 aromatic carbocycles. The van der Waals surface area contributed by atoms with Gasteiger partial charge < -0.3 is 33.7 Å². The van der Waals surface area contributed by atoms with Crippen LogP contribution < -0.4 is 0 Å². The molecule has 8 atom stereocenters. The third kappa shape index (κ3) is 7.23. The quantitative estimate of drug-likeness (QED) is 0.0929. The summed E-state index contributed by atoms with van der Waals surface area (Å²) in [5, 5.41) is 30.5. The number of hydrogen-bond acceptors (Lipinski definition) is 15. The average Bonchev–Trinajstić information content (AvgIpc) is 3.26. The fourth-order valence-electron chi connectivity index (χ4n) is 8.83. The predicted octanol–water partition coefficient (Wildman–Crippen LogP) is 2.23. The van der Waals surface area contributed by atoms with Crippen LogP contribution in [0, 0.1) is 48.8 Å². The number of ether oxygens (including phenoxy) is 4. The lowest BCUT2D eigenvalue weighted by Gasteiger charge is -2.62. The van der Waals surface area contributed by atoms with E-state index in [0.29, 0.717) is 12.0 Å². The van der Waals surface area contributed by atoms with E-state index in [1.807, 2.05) is 0 Å². The van der Waals surface area contributed by atoms with Crippen LogP contribution in [0.4, 0.5) is 4.39 Å². The van der Waals surface area contributed by atoms with Gasteiger partial charge in [0.1, 0.15) is 13.2 Å². The van der Waals surface area contributed by atoms with Crippen LogP contribution in [0.25, 0.3) is 0 Å². The number of rotatable bonds is 18. The average molecular weight is 715 g/mol. The van der Waals surface area contributed by atoms with Crippen molar-refractivity contribution in [2.75, 3.05) is 46.2 Å². The molecule has 2 unspecified atom stereocenters. The second-order valence-corrected chi connectivity index (χ2v) is 13.6. The number of fused-ring (bicyclic) bond motifs is 5. The van der Waals surface area contributed by atoms with Gasteiger partial charge in [0.2, 0.25) is 5.78 Å². The summed E-state index contributed by atoms with van der Waals surface area (Å²) in [6.45, 7) is 2.72. The number of aliphatic hydroxyl groups excluding tert-OH is 1. The number of aliphatic hydroxyl groups is 1. The van der Waals surface area contributed by atoms with Gasteiger partial charge >= 0.3 is 11.9 Å². The first-order valence-corrected chi connectivity index (χ1v) is 16.4. The molecule has 4 rings (SSSR count). The molecule has 0 aromatic rings. The van der Waals surface area contributed by atoms with Crippen molar-refractivity contribution in [1.82, 2.24) is 0 Å². The summed E-state index contributed by atoms with van der Waals surface area (Å²) in [5.41, 5.74) is -6.24. The Morgan fingerprint density at radius 2 is 1.64 bits per heavy atom. The van der Waals surface area contributed by atoms with Crippen LogP contribution in [0.2, 0.25) is 0 Å². The SMILES string of the molecule is C[C@@H]1CC2C3CCC4=CC(=O)C=C[C@]4(C)[C@@]3(F)[C@@H](O)C[C@]2(C)[C@@]1(OC(=O)CCCO[N+](=O)[O-])C(=O)COC(=O)COCCOCCO[N+](=O)[O-]. The van der Waals surface area contributed by atoms with Crippen LogP contribution in [0.1, 0.15) is 59.3 Å². The number of carbonyl (C=O) groups is 4. The predicted molar refractivity (Wildman–Crippen MR) is 164 cm³/mol. The highest BCUT2D eigenvalue weighted by atomic mass is 19.1. The van der Waals surface area contributed by atoms with E-state index >= 15 is 4.39 Å². The van der Waals surface area contributed by atoms with Gasteiger partial charge in [-0.15, -0.1) is 20.2 Å². The lowest BCUT2D eigenvalue weighted by atomic mass is 9.44. The monoisotopic (exact) mass is 714 g/mol. The summed E-state index contributed by atoms with van der Waals surface area (Å²) in [7, 11) is 0. The molecule has 4 aliphatic carbocycles. The first kappa shape index (κ1) is 38.8. The summed E-state index contributed by atoms with van der Waals surface area (Å²) < 4.78 is 39.2. The van der Waals surface area contributed by atoms with Crippen molar-refractivity contribution in [1.29, 1.82) is 0 Å². The Bertz CT molecular complexity index is 1420. The number of hydrogen-bond donors (Lipinski definition) is 1. The molecule has 18 heteroatoms. The Balaban J connectivity index is 1.52. The summed E-state index contributed by atoms with van der Waals surface area (Å²) in [5.74, 6) is -4.96. The third-order valence-corrected chi connectivity index (χ3v) is 11.0. The van der Waals surface area contributed by atoms with Gasteiger partial charge in [0.25, 0.3) is 10.2 Å². The Hall–Kier alpha value is -4.03. The van der Waals surface area contributed by atoms with E-state index in [1.54, 1.807) is 20.8 Å². The minimum absolute atomic E-state index is 0.0156. The lowest BCUT2D eigenvalue weighted by molar-refractivity contribution is -0.758. The summed E-state index contributed by atoms with van der Waals surface area (Å²) in [6.07, 6.45) is 2.68. The molecular weight excluding hydrogens is 671 g/mol. The van der Waals surface area contributed by atoms with E-state index in [0.717, 1.165) is 0 Å². The Labute approximate surface area is 286 Å². The molecule has 50 heavy (non-hydrogen) atoms. The molecule has 0 saturated heterocycles. The zero-order valence-corrected chi connectivity index (χ0v) is 28.2. The van der Waals surface area contributed by atoms with E-state index in [2.05, 4.69) is 9.68 Å². The first-order chi connectivity index (χ1) is 23.5. The number of ketones is 2. The van der Waals surface area contributed by atoms with Gasteiger partial charge in [-0.05, 0) is 57.1 Å². The van der Waals surface area contributed by atoms with Crippen LogP contribution in [0.5, 0.6) is 0 Å². The maximum Gasteiger partial charge on any atom is 0.332 e. The molecule has 0 heterocycles. The maximum atomic E-state index is 17.7. The molecular formula is C32H43FN2O15. The molecule has 0 spiro atoms. The number of Topliss-reactive ketones (excluding diaryl/α,β-unsaturated/α-hetero) is 1. The van der Waals surface area contributed by atoms with Crippen LogP contribution in [-0.4, -0.2) is 102 Å². The minimum atomic E-state index is -2.21. The summed E-state index contributed by atoms with van der Waals surface area (Å²) in [6, 6.07) is 0. The van der Waals surface area contributed by atoms with Gasteiger partial charge in [-0.3, -0.25) is 14.4 Å². The van der Waals surface area contributed by atoms with Gasteiger partial charge in [-0.1, -0.05) is 25.5 Å². The minimum Gasteiger partial charge on any atom is -0.456 e. The van der Waals surface area contributed by atoms with Gasteiger partial charge in [0, 0.05) is 29.1 Å². The number of carbonyl (C=O) groups excluding carboxylic acids is 4. The highest BCUT2D eigenvalue weighted by Crippen LogP contribution is 2.71. The van der Waals surface area contributed by atoms with Crippen molar-refractivity contribution in [3.63, 3.8) is 0 Å². The molecule has 3 saturated carbocycles. The second kappa shape index (κ2) is 15.5. The van der Waals surface area contributed by atoms with E-state index < -0.39 is 93.7 Å². The molecule has 17 nitrogen and oxygen atoms in total. The van der Waals surface area contributed by atoms with Crippen LogP contribution >= 0.6 is 0 Å². The zero-order valence-electron chi connectivity index (χ0n) is 28.2. The highest BCUT2D eigenvalue weighted by Gasteiger charge is 2.77. The Kier molecular flexibility index (Phi) is 12.0. The van der Waals surface area contributed by atoms with Crippen LogP contribution in [0.3, 0.4) is 0 Å². The largest absolute Gasteiger partial charge is 0.456 e. The highest BCUT2D eigenvalue weighted by molar-refractivity contribution is 6.01. The van der Waals surface area contributed by atoms with Crippen molar-refractivity contribution >= 4 is 23.5 Å². The van der Waals surface area contributed by atoms with Crippen molar-refractivity contribution in [3.8, 4) is 0 Å². The normalized spacial score (nSPS) is 34.0. The van der Waals surface area contributed by atoms with E-state index in [-0.39, 0.29) is 64.3 Å². The van der Waals surface area contributed by atoms with Gasteiger partial charge in [-0.2, -0.15) is 0 Å². The zero-order chi connectivity index (χ0) is 36.9. The molecule has 3 fully saturated rings. The first-order valence-electron chi connectivity index (χ1n) is 16.4. The number of allylic oxidation sites excluding steroid dienone is 4. The second-order valence-electron chi connectivity index (χ2n) is 13.6. The topological polar surface area (TPSA) is 230 Å². The number of alkyl halides is 1. The third-order valence-electron chi connectivity index (χ3n) is 11.0. The van der Waals surface area contributed by atoms with E-state index in [4.69, 9.17) is 18.9 Å². The lowest BCUT2D eigenvalue weighted by Crippen LogP contribution is -2.70. The number of nitrogens with zero attached hydrogens (tertiary/aromatic N) is 2. The Morgan fingerprint density at radius 3 is 2.34 bits per heavy atom. The van der Waals surface area contributed by atoms with E-state index in [1.165, 1.54) is 18.2 Å². The molecule has 0 bridgehead atoms. The van der Waals surface area contributed by atoms with Crippen molar-refractivity contribution in [3.05, 3.63) is 44.0 Å². The summed E-state index contributed by atoms with van der Waals surface area (Å²) >= 11 is 0. The molecule has 4 aliphatic rings. The molecule has 278 valence electrons.